The van der Waals surface area contributed by atoms with Gasteiger partial charge in [0, 0.05) is 7.05 Å². The van der Waals surface area contributed by atoms with E-state index in [0.29, 0.717) is 17.1 Å². The molecular weight excluding hydrogens is 186 g/mol. The zero-order chi connectivity index (χ0) is 10.3. The minimum Gasteiger partial charge on any atom is -0.395 e. The molecule has 0 fully saturated rings. The van der Waals surface area contributed by atoms with Crippen LogP contribution in [0.3, 0.4) is 0 Å². The number of aryl methyl sites for hydroxylation is 2. The summed E-state index contributed by atoms with van der Waals surface area (Å²) in [6.07, 6.45) is 0. The number of aromatic nitrogens is 4. The summed E-state index contributed by atoms with van der Waals surface area (Å²) in [6.45, 7) is 1.77. The normalized spacial score (nSPS) is 10.7. The van der Waals surface area contributed by atoms with Gasteiger partial charge in [0.25, 0.3) is 5.89 Å². The number of aromatic amines is 1. The van der Waals surface area contributed by atoms with Crippen LogP contribution in [-0.4, -0.2) is 20.0 Å². The van der Waals surface area contributed by atoms with Gasteiger partial charge in [-0.3, -0.25) is 4.68 Å². The lowest BCUT2D eigenvalue weighted by Gasteiger charge is -1.95. The largest absolute Gasteiger partial charge is 0.434 e. The topological polar surface area (TPSA) is 103 Å². The monoisotopic (exact) mass is 195 g/mol. The molecule has 0 aliphatic heterocycles. The maximum Gasteiger partial charge on any atom is 0.434 e. The fourth-order valence-corrected chi connectivity index (χ4v) is 1.26. The van der Waals surface area contributed by atoms with Crippen LogP contribution in [0.1, 0.15) is 5.69 Å². The van der Waals surface area contributed by atoms with Crippen LogP contribution in [0, 0.1) is 6.92 Å². The summed E-state index contributed by atoms with van der Waals surface area (Å²) in [5.41, 5.74) is 7.38. The van der Waals surface area contributed by atoms with Crippen molar-refractivity contribution in [2.24, 2.45) is 7.05 Å². The molecule has 0 aliphatic rings. The van der Waals surface area contributed by atoms with Gasteiger partial charge in [-0.25, -0.2) is 9.89 Å². The van der Waals surface area contributed by atoms with E-state index in [-0.39, 0.29) is 5.89 Å². The molecule has 0 atom stereocenters. The predicted octanol–water partition coefficient (Wildman–Crippen LogP) is -0.346. The average molecular weight is 195 g/mol. The smallest absolute Gasteiger partial charge is 0.395 e. The summed E-state index contributed by atoms with van der Waals surface area (Å²) in [6, 6.07) is 0. The van der Waals surface area contributed by atoms with E-state index in [9.17, 15) is 4.79 Å². The first kappa shape index (κ1) is 8.54. The SMILES string of the molecule is Cc1nn(C)c(-c2n[nH]c(=O)o2)c1N. The first-order chi connectivity index (χ1) is 6.59. The molecular formula is C7H9N5O2. The molecule has 74 valence electrons. The van der Waals surface area contributed by atoms with Gasteiger partial charge in [0.05, 0.1) is 11.4 Å². The van der Waals surface area contributed by atoms with Crippen LogP contribution in [0.5, 0.6) is 0 Å². The minimum absolute atomic E-state index is 0.149. The van der Waals surface area contributed by atoms with E-state index in [1.807, 2.05) is 0 Å². The van der Waals surface area contributed by atoms with Crippen LogP contribution in [-0.2, 0) is 7.05 Å². The molecule has 2 heterocycles. The van der Waals surface area contributed by atoms with Crippen LogP contribution < -0.4 is 11.5 Å². The second-order valence-corrected chi connectivity index (χ2v) is 2.89. The Labute approximate surface area is 78.5 Å². The zero-order valence-corrected chi connectivity index (χ0v) is 7.74. The van der Waals surface area contributed by atoms with Crippen molar-refractivity contribution in [1.82, 2.24) is 20.0 Å². The fourth-order valence-electron chi connectivity index (χ4n) is 1.26. The van der Waals surface area contributed by atoms with Gasteiger partial charge in [-0.15, -0.1) is 5.10 Å². The number of nitrogens with zero attached hydrogens (tertiary/aromatic N) is 3. The van der Waals surface area contributed by atoms with Crippen LogP contribution in [0.25, 0.3) is 11.6 Å². The van der Waals surface area contributed by atoms with Crippen LogP contribution in [0.15, 0.2) is 9.21 Å². The predicted molar refractivity (Wildman–Crippen MR) is 48.5 cm³/mol. The van der Waals surface area contributed by atoms with Crippen LogP contribution in [0.4, 0.5) is 5.69 Å². The molecule has 0 unspecified atom stereocenters. The van der Waals surface area contributed by atoms with Crippen molar-refractivity contribution in [3.63, 3.8) is 0 Å². The van der Waals surface area contributed by atoms with Gasteiger partial charge < -0.3 is 10.2 Å². The first-order valence-electron chi connectivity index (χ1n) is 3.94. The van der Waals surface area contributed by atoms with Gasteiger partial charge in [-0.1, -0.05) is 0 Å². The van der Waals surface area contributed by atoms with Crippen LogP contribution >= 0.6 is 0 Å². The lowest BCUT2D eigenvalue weighted by Crippen LogP contribution is -1.96. The molecule has 0 aromatic carbocycles. The second kappa shape index (κ2) is 2.72. The summed E-state index contributed by atoms with van der Waals surface area (Å²) in [5.74, 6) is -0.464. The van der Waals surface area contributed by atoms with Gasteiger partial charge >= 0.3 is 5.76 Å². The van der Waals surface area contributed by atoms with E-state index < -0.39 is 5.76 Å². The molecule has 2 aromatic rings. The van der Waals surface area contributed by atoms with Gasteiger partial charge in [0.2, 0.25) is 0 Å². The van der Waals surface area contributed by atoms with E-state index in [0.717, 1.165) is 0 Å². The number of nitrogen functional groups attached to an aromatic ring is 1. The highest BCUT2D eigenvalue weighted by molar-refractivity contribution is 5.68. The van der Waals surface area contributed by atoms with Crippen LogP contribution in [0.2, 0.25) is 0 Å². The molecule has 3 N–H and O–H groups in total. The molecule has 0 amide bonds. The molecule has 0 saturated carbocycles. The Balaban J connectivity index is 2.67. The molecule has 7 nitrogen and oxygen atoms in total. The number of H-pyrrole nitrogens is 1. The molecule has 0 radical (unpaired) electrons. The highest BCUT2D eigenvalue weighted by Gasteiger charge is 2.16. The highest BCUT2D eigenvalue weighted by atomic mass is 16.4. The maximum atomic E-state index is 10.7. The molecule has 2 rings (SSSR count). The number of nitrogens with one attached hydrogen (secondary N) is 1. The molecule has 0 aliphatic carbocycles. The third-order valence-electron chi connectivity index (χ3n) is 1.91. The Morgan fingerprint density at radius 1 is 1.57 bits per heavy atom. The van der Waals surface area contributed by atoms with E-state index in [2.05, 4.69) is 15.3 Å². The number of hydrogen-bond donors (Lipinski definition) is 2. The Morgan fingerprint density at radius 3 is 2.71 bits per heavy atom. The van der Waals surface area contributed by atoms with E-state index in [1.165, 1.54) is 4.68 Å². The summed E-state index contributed by atoms with van der Waals surface area (Å²) < 4.78 is 6.30. The summed E-state index contributed by atoms with van der Waals surface area (Å²) >= 11 is 0. The Hall–Kier alpha value is -2.05. The summed E-state index contributed by atoms with van der Waals surface area (Å²) in [5, 5.41) is 9.91. The van der Waals surface area contributed by atoms with Gasteiger partial charge in [0.1, 0.15) is 5.69 Å². The van der Waals surface area contributed by atoms with Gasteiger partial charge in [-0.05, 0) is 6.92 Å². The molecule has 2 aromatic heterocycles. The van der Waals surface area contributed by atoms with Crippen molar-refractivity contribution in [2.45, 2.75) is 6.92 Å². The molecule has 0 saturated heterocycles. The Kier molecular flexibility index (Phi) is 1.66. The van der Waals surface area contributed by atoms with Crippen molar-refractivity contribution >= 4 is 5.69 Å². The van der Waals surface area contributed by atoms with Crippen molar-refractivity contribution in [1.29, 1.82) is 0 Å². The third-order valence-corrected chi connectivity index (χ3v) is 1.91. The minimum atomic E-state index is -0.613. The number of rotatable bonds is 1. The number of hydrogen-bond acceptors (Lipinski definition) is 5. The summed E-state index contributed by atoms with van der Waals surface area (Å²) in [4.78, 5) is 10.7. The lowest BCUT2D eigenvalue weighted by molar-refractivity contribution is 0.521. The van der Waals surface area contributed by atoms with E-state index in [1.54, 1.807) is 14.0 Å². The Bertz CT molecular complexity index is 520. The number of anilines is 1. The van der Waals surface area contributed by atoms with E-state index in [4.69, 9.17) is 10.2 Å². The zero-order valence-electron chi connectivity index (χ0n) is 7.74. The average Bonchev–Trinajstić information content (AvgIpc) is 2.60. The van der Waals surface area contributed by atoms with Crippen molar-refractivity contribution < 1.29 is 4.42 Å². The molecule has 7 heteroatoms. The van der Waals surface area contributed by atoms with Gasteiger partial charge in [-0.2, -0.15) is 5.10 Å². The van der Waals surface area contributed by atoms with E-state index >= 15 is 0 Å². The highest BCUT2D eigenvalue weighted by Crippen LogP contribution is 2.24. The molecule has 0 spiro atoms. The van der Waals surface area contributed by atoms with Crippen molar-refractivity contribution in [3.8, 4) is 11.6 Å². The Morgan fingerprint density at radius 2 is 2.29 bits per heavy atom. The molecule has 0 bridgehead atoms. The standard InChI is InChI=1S/C7H9N5O2/c1-3-4(8)5(12(2)11-3)6-9-10-7(13)14-6/h8H2,1-2H3,(H,10,13). The quantitative estimate of drug-likeness (QED) is 0.647. The van der Waals surface area contributed by atoms with Gasteiger partial charge in [0.15, 0.2) is 0 Å². The van der Waals surface area contributed by atoms with Crippen molar-refractivity contribution in [2.75, 3.05) is 5.73 Å². The second-order valence-electron chi connectivity index (χ2n) is 2.89. The third kappa shape index (κ3) is 1.10. The molecule has 14 heavy (non-hydrogen) atoms. The fraction of sp³-hybridized carbons (Fsp3) is 0.286. The lowest BCUT2D eigenvalue weighted by atomic mass is 10.3. The summed E-state index contributed by atoms with van der Waals surface area (Å²) in [7, 11) is 1.70. The first-order valence-corrected chi connectivity index (χ1v) is 3.94. The van der Waals surface area contributed by atoms with Crippen molar-refractivity contribution in [3.05, 3.63) is 16.2 Å². The maximum absolute atomic E-state index is 10.7. The number of nitrogens with two attached hydrogens (primary N) is 1.